The highest BCUT2D eigenvalue weighted by molar-refractivity contribution is 6.01. The zero-order chi connectivity index (χ0) is 18.8. The van der Waals surface area contributed by atoms with Gasteiger partial charge in [-0.2, -0.15) is 0 Å². The van der Waals surface area contributed by atoms with Crippen molar-refractivity contribution in [1.29, 1.82) is 0 Å². The highest BCUT2D eigenvalue weighted by atomic mass is 16.5. The van der Waals surface area contributed by atoms with Gasteiger partial charge in [-0.1, -0.05) is 12.1 Å². The zero-order valence-corrected chi connectivity index (χ0v) is 14.1. The SMILES string of the molecule is O=C(NO)c1ccc2c(c1)N(Cc1ccc(-c3ncco3)cc1)C(=O)CO2. The maximum Gasteiger partial charge on any atom is 0.274 e. The lowest BCUT2D eigenvalue weighted by molar-refractivity contribution is -0.121. The maximum absolute atomic E-state index is 12.4. The van der Waals surface area contributed by atoms with Crippen LogP contribution in [0.4, 0.5) is 5.69 Å². The molecule has 0 bridgehead atoms. The van der Waals surface area contributed by atoms with Crippen molar-refractivity contribution >= 4 is 17.5 Å². The van der Waals surface area contributed by atoms with Gasteiger partial charge in [0.25, 0.3) is 11.8 Å². The quantitative estimate of drug-likeness (QED) is 0.543. The summed E-state index contributed by atoms with van der Waals surface area (Å²) in [6.07, 6.45) is 3.08. The highest BCUT2D eigenvalue weighted by Crippen LogP contribution is 2.34. The Morgan fingerprint density at radius 1 is 1.22 bits per heavy atom. The molecule has 8 nitrogen and oxygen atoms in total. The van der Waals surface area contributed by atoms with Crippen LogP contribution in [0.15, 0.2) is 59.3 Å². The molecule has 0 atom stereocenters. The number of hydroxylamine groups is 1. The number of fused-ring (bicyclic) bond motifs is 1. The number of hydrogen-bond acceptors (Lipinski definition) is 6. The Balaban J connectivity index is 1.62. The van der Waals surface area contributed by atoms with E-state index in [0.29, 0.717) is 23.9 Å². The van der Waals surface area contributed by atoms with Crippen LogP contribution in [0.2, 0.25) is 0 Å². The number of nitrogens with one attached hydrogen (secondary N) is 1. The van der Waals surface area contributed by atoms with Gasteiger partial charge in [-0.15, -0.1) is 0 Å². The molecule has 0 aliphatic carbocycles. The van der Waals surface area contributed by atoms with Crippen LogP contribution in [-0.4, -0.2) is 28.6 Å². The molecule has 8 heteroatoms. The average Bonchev–Trinajstić information content (AvgIpc) is 3.24. The summed E-state index contributed by atoms with van der Waals surface area (Å²) in [6, 6.07) is 12.1. The second kappa shape index (κ2) is 6.93. The predicted octanol–water partition coefficient (Wildman–Crippen LogP) is 2.39. The minimum Gasteiger partial charge on any atom is -0.482 e. The Labute approximate surface area is 154 Å². The smallest absolute Gasteiger partial charge is 0.274 e. The van der Waals surface area contributed by atoms with Crippen molar-refractivity contribution in [3.63, 3.8) is 0 Å². The summed E-state index contributed by atoms with van der Waals surface area (Å²) in [5, 5.41) is 8.83. The van der Waals surface area contributed by atoms with E-state index in [1.807, 2.05) is 24.3 Å². The van der Waals surface area contributed by atoms with Crippen molar-refractivity contribution in [3.8, 4) is 17.2 Å². The number of oxazole rings is 1. The first-order valence-corrected chi connectivity index (χ1v) is 8.16. The van der Waals surface area contributed by atoms with E-state index in [0.717, 1.165) is 11.1 Å². The van der Waals surface area contributed by atoms with Gasteiger partial charge >= 0.3 is 0 Å². The molecule has 1 aliphatic rings. The van der Waals surface area contributed by atoms with Gasteiger partial charge in [-0.3, -0.25) is 14.8 Å². The summed E-state index contributed by atoms with van der Waals surface area (Å²) < 4.78 is 10.7. The first-order valence-electron chi connectivity index (χ1n) is 8.16. The normalized spacial score (nSPS) is 13.1. The summed E-state index contributed by atoms with van der Waals surface area (Å²) in [5.74, 6) is 0.140. The van der Waals surface area contributed by atoms with Crippen molar-refractivity contribution in [2.45, 2.75) is 6.54 Å². The minimum absolute atomic E-state index is 0.0764. The molecule has 2 amide bonds. The monoisotopic (exact) mass is 365 g/mol. The molecule has 2 N–H and O–H groups in total. The van der Waals surface area contributed by atoms with Gasteiger partial charge < -0.3 is 14.1 Å². The summed E-state index contributed by atoms with van der Waals surface area (Å²) in [6.45, 7) is 0.234. The van der Waals surface area contributed by atoms with Crippen molar-refractivity contribution in [2.24, 2.45) is 0 Å². The molecule has 1 aromatic heterocycles. The van der Waals surface area contributed by atoms with E-state index in [1.54, 1.807) is 22.6 Å². The van der Waals surface area contributed by atoms with Crippen LogP contribution in [-0.2, 0) is 11.3 Å². The summed E-state index contributed by atoms with van der Waals surface area (Å²) >= 11 is 0. The molecule has 3 aromatic rings. The molecular weight excluding hydrogens is 350 g/mol. The highest BCUT2D eigenvalue weighted by Gasteiger charge is 2.26. The summed E-state index contributed by atoms with van der Waals surface area (Å²) in [5.41, 5.74) is 4.01. The maximum atomic E-state index is 12.4. The van der Waals surface area contributed by atoms with Crippen molar-refractivity contribution in [2.75, 3.05) is 11.5 Å². The average molecular weight is 365 g/mol. The van der Waals surface area contributed by atoms with Crippen molar-refractivity contribution in [3.05, 3.63) is 66.1 Å². The van der Waals surface area contributed by atoms with Gasteiger partial charge in [0, 0.05) is 11.1 Å². The number of benzene rings is 2. The fraction of sp³-hybridized carbons (Fsp3) is 0.105. The lowest BCUT2D eigenvalue weighted by atomic mass is 10.1. The fourth-order valence-electron chi connectivity index (χ4n) is 2.88. The topological polar surface area (TPSA) is 105 Å². The van der Waals surface area contributed by atoms with E-state index in [4.69, 9.17) is 14.4 Å². The third-order valence-electron chi connectivity index (χ3n) is 4.24. The lowest BCUT2D eigenvalue weighted by Crippen LogP contribution is -2.38. The van der Waals surface area contributed by atoms with Crippen LogP contribution in [0.25, 0.3) is 11.5 Å². The molecule has 1 aliphatic heterocycles. The van der Waals surface area contributed by atoms with Crippen LogP contribution in [0, 0.1) is 0 Å². The number of carbonyl (C=O) groups is 2. The molecule has 2 heterocycles. The number of aromatic nitrogens is 1. The second-order valence-corrected chi connectivity index (χ2v) is 5.93. The fourth-order valence-corrected chi connectivity index (χ4v) is 2.88. The molecule has 136 valence electrons. The number of nitrogens with zero attached hydrogens (tertiary/aromatic N) is 2. The van der Waals surface area contributed by atoms with Crippen molar-refractivity contribution in [1.82, 2.24) is 10.5 Å². The predicted molar refractivity (Wildman–Crippen MR) is 94.3 cm³/mol. The Hall–Kier alpha value is -3.65. The van der Waals surface area contributed by atoms with E-state index in [9.17, 15) is 9.59 Å². The standard InChI is InChI=1S/C19H15N3O5/c23-17-11-27-16-6-5-14(18(24)21-25)9-15(16)22(17)10-12-1-3-13(4-2-12)19-20-7-8-26-19/h1-9,25H,10-11H2,(H,21,24). The first-order chi connectivity index (χ1) is 13.2. The van der Waals surface area contributed by atoms with Crippen LogP contribution in [0.1, 0.15) is 15.9 Å². The van der Waals surface area contributed by atoms with E-state index in [-0.39, 0.29) is 18.1 Å². The zero-order valence-electron chi connectivity index (χ0n) is 14.1. The molecule has 27 heavy (non-hydrogen) atoms. The molecule has 0 spiro atoms. The Morgan fingerprint density at radius 2 is 2.04 bits per heavy atom. The number of ether oxygens (including phenoxy) is 1. The third kappa shape index (κ3) is 3.25. The largest absolute Gasteiger partial charge is 0.482 e. The van der Waals surface area contributed by atoms with Crippen LogP contribution < -0.4 is 15.1 Å². The number of anilines is 1. The van der Waals surface area contributed by atoms with E-state index < -0.39 is 5.91 Å². The molecule has 0 unspecified atom stereocenters. The van der Waals surface area contributed by atoms with Gasteiger partial charge in [-0.05, 0) is 35.9 Å². The van der Waals surface area contributed by atoms with E-state index in [2.05, 4.69) is 4.98 Å². The minimum atomic E-state index is -0.661. The molecule has 4 rings (SSSR count). The van der Waals surface area contributed by atoms with E-state index >= 15 is 0 Å². The summed E-state index contributed by atoms with van der Waals surface area (Å²) in [4.78, 5) is 29.7. The van der Waals surface area contributed by atoms with Gasteiger partial charge in [0.2, 0.25) is 5.89 Å². The Morgan fingerprint density at radius 3 is 2.74 bits per heavy atom. The molecule has 0 radical (unpaired) electrons. The van der Waals surface area contributed by atoms with Gasteiger partial charge in [0.05, 0.1) is 18.4 Å². The van der Waals surface area contributed by atoms with Crippen molar-refractivity contribution < 1.29 is 24.0 Å². The number of rotatable bonds is 4. The Kier molecular flexibility index (Phi) is 4.31. The van der Waals surface area contributed by atoms with E-state index in [1.165, 1.54) is 18.4 Å². The van der Waals surface area contributed by atoms with Crippen LogP contribution in [0.5, 0.6) is 5.75 Å². The first kappa shape index (κ1) is 16.8. The number of hydrogen-bond donors (Lipinski definition) is 2. The van der Waals surface area contributed by atoms with Gasteiger partial charge in [0.15, 0.2) is 6.61 Å². The second-order valence-electron chi connectivity index (χ2n) is 5.93. The molecule has 0 saturated heterocycles. The molecular formula is C19H15N3O5. The molecule has 0 fully saturated rings. The lowest BCUT2D eigenvalue weighted by Gasteiger charge is -2.29. The Bertz CT molecular complexity index is 983. The molecule has 2 aromatic carbocycles. The number of amides is 2. The molecule has 0 saturated carbocycles. The number of carbonyl (C=O) groups excluding carboxylic acids is 2. The van der Waals surface area contributed by atoms with Crippen LogP contribution >= 0.6 is 0 Å². The van der Waals surface area contributed by atoms with Gasteiger partial charge in [-0.25, -0.2) is 10.5 Å². The summed E-state index contributed by atoms with van der Waals surface area (Å²) in [7, 11) is 0. The van der Waals surface area contributed by atoms with Crippen LogP contribution in [0.3, 0.4) is 0 Å². The van der Waals surface area contributed by atoms with Gasteiger partial charge in [0.1, 0.15) is 12.0 Å². The third-order valence-corrected chi connectivity index (χ3v) is 4.24.